The van der Waals surface area contributed by atoms with Crippen molar-refractivity contribution in [2.45, 2.75) is 70.5 Å². The molecule has 0 unspecified atom stereocenters. The Hall–Kier alpha value is -1.06. The Bertz CT molecular complexity index is 699. The van der Waals surface area contributed by atoms with Crippen LogP contribution in [0.15, 0.2) is 18.2 Å². The van der Waals surface area contributed by atoms with Crippen molar-refractivity contribution >= 4 is 0 Å². The second-order valence-corrected chi connectivity index (χ2v) is 8.92. The molecule has 0 N–H and O–H groups in total. The molecule has 5 rings (SSSR count). The van der Waals surface area contributed by atoms with Crippen LogP contribution in [0, 0.1) is 17.3 Å². The monoisotopic (exact) mass is 357 g/mol. The van der Waals surface area contributed by atoms with Crippen LogP contribution in [0.2, 0.25) is 0 Å². The molecule has 4 aliphatic rings. The van der Waals surface area contributed by atoms with Crippen LogP contribution >= 0.6 is 0 Å². The highest BCUT2D eigenvalue weighted by molar-refractivity contribution is 5.41. The van der Waals surface area contributed by atoms with Gasteiger partial charge in [-0.3, -0.25) is 0 Å². The summed E-state index contributed by atoms with van der Waals surface area (Å²) in [7, 11) is 0. The van der Waals surface area contributed by atoms with Crippen LogP contribution in [-0.2, 0) is 15.9 Å². The zero-order valence-electron chi connectivity index (χ0n) is 17.0. The van der Waals surface area contributed by atoms with E-state index in [2.05, 4.69) is 25.1 Å². The van der Waals surface area contributed by atoms with Crippen LogP contribution in [-0.4, -0.2) is 25.6 Å². The van der Waals surface area contributed by atoms with Gasteiger partial charge in [0.15, 0.2) is 5.79 Å². The average molecular weight is 358 g/mol. The fourth-order valence-electron chi connectivity index (χ4n) is 6.72. The lowest BCUT2D eigenvalue weighted by atomic mass is 9.55. The van der Waals surface area contributed by atoms with Crippen molar-refractivity contribution in [3.8, 4) is 5.75 Å². The summed E-state index contributed by atoms with van der Waals surface area (Å²) >= 11 is 0. The Morgan fingerprint density at radius 3 is 2.92 bits per heavy atom. The smallest absolute Gasteiger partial charge is 0.174 e. The van der Waals surface area contributed by atoms with Crippen molar-refractivity contribution in [1.82, 2.24) is 0 Å². The average Bonchev–Trinajstić information content (AvgIpc) is 3.28. The summed E-state index contributed by atoms with van der Waals surface area (Å²) in [5.41, 5.74) is 3.24. The van der Waals surface area contributed by atoms with Gasteiger partial charge >= 0.3 is 0 Å². The van der Waals surface area contributed by atoms with Crippen LogP contribution in [0.3, 0.4) is 0 Å². The first kappa shape index (κ1) is 15.9. The quantitative estimate of drug-likeness (QED) is 0.707. The fourth-order valence-corrected chi connectivity index (χ4v) is 6.72. The van der Waals surface area contributed by atoms with Gasteiger partial charge in [-0.05, 0) is 79.5 Å². The molecule has 1 aliphatic heterocycles. The summed E-state index contributed by atoms with van der Waals surface area (Å²) in [6.45, 7) is 5.07. The summed E-state index contributed by atoms with van der Waals surface area (Å²) in [5.74, 6) is 2.85. The van der Waals surface area contributed by atoms with Crippen molar-refractivity contribution in [1.29, 1.82) is 0 Å². The van der Waals surface area contributed by atoms with Gasteiger partial charge in [-0.1, -0.05) is 19.9 Å². The van der Waals surface area contributed by atoms with Crippen molar-refractivity contribution < 1.29 is 15.6 Å². The second kappa shape index (κ2) is 6.24. The van der Waals surface area contributed by atoms with E-state index in [1.54, 1.807) is 5.56 Å². The molecule has 0 amide bonds. The lowest BCUT2D eigenvalue weighted by molar-refractivity contribution is -0.237. The maximum Gasteiger partial charge on any atom is 0.174 e. The number of fused-ring (bicyclic) bond motifs is 6. The van der Waals surface area contributed by atoms with E-state index in [1.807, 2.05) is 0 Å². The predicted octanol–water partition coefficient (Wildman–Crippen LogP) is 5.07. The van der Waals surface area contributed by atoms with E-state index in [4.69, 9.17) is 15.6 Å². The first-order valence-corrected chi connectivity index (χ1v) is 10.5. The SMILES string of the molecule is [2H]CCCOc1ccc2c(c1)CC[C@@H]1[C@@H]2CC[C@@]2(C)[C@H]1CCC21OCCO1. The van der Waals surface area contributed by atoms with Gasteiger partial charge in [-0.2, -0.15) is 0 Å². The summed E-state index contributed by atoms with van der Waals surface area (Å²) in [5, 5.41) is 0. The molecule has 1 aromatic rings. The minimum absolute atomic E-state index is 0.182. The van der Waals surface area contributed by atoms with Crippen molar-refractivity contribution in [2.75, 3.05) is 19.8 Å². The summed E-state index contributed by atoms with van der Waals surface area (Å²) < 4.78 is 25.6. The molecular formula is C23H32O3. The Kier molecular flexibility index (Phi) is 3.83. The number of ether oxygens (including phenoxy) is 3. The molecule has 3 heteroatoms. The van der Waals surface area contributed by atoms with Gasteiger partial charge in [0.05, 0.1) is 19.8 Å². The minimum Gasteiger partial charge on any atom is -0.494 e. The van der Waals surface area contributed by atoms with Gasteiger partial charge in [0.2, 0.25) is 0 Å². The number of benzene rings is 1. The first-order valence-electron chi connectivity index (χ1n) is 11.2. The third-order valence-electron chi connectivity index (χ3n) is 7.91. The lowest BCUT2D eigenvalue weighted by Gasteiger charge is -2.52. The molecule has 3 aliphatic carbocycles. The van der Waals surface area contributed by atoms with Gasteiger partial charge in [0, 0.05) is 13.2 Å². The summed E-state index contributed by atoms with van der Waals surface area (Å²) in [4.78, 5) is 0. The molecule has 3 fully saturated rings. The van der Waals surface area contributed by atoms with Gasteiger partial charge in [0.1, 0.15) is 5.75 Å². The van der Waals surface area contributed by atoms with E-state index in [-0.39, 0.29) is 11.2 Å². The topological polar surface area (TPSA) is 27.7 Å². The van der Waals surface area contributed by atoms with E-state index in [9.17, 15) is 0 Å². The molecule has 0 radical (unpaired) electrons. The second-order valence-electron chi connectivity index (χ2n) is 8.92. The number of hydrogen-bond acceptors (Lipinski definition) is 3. The highest BCUT2D eigenvalue weighted by Crippen LogP contribution is 2.66. The lowest BCUT2D eigenvalue weighted by Crippen LogP contribution is -2.51. The molecule has 26 heavy (non-hydrogen) atoms. The van der Waals surface area contributed by atoms with Crippen LogP contribution in [0.25, 0.3) is 0 Å². The molecule has 1 spiro atoms. The molecule has 2 saturated carbocycles. The Morgan fingerprint density at radius 1 is 1.19 bits per heavy atom. The van der Waals surface area contributed by atoms with Crippen molar-refractivity contribution in [3.05, 3.63) is 29.3 Å². The summed E-state index contributed by atoms with van der Waals surface area (Å²) in [6.07, 6.45) is 8.03. The van der Waals surface area contributed by atoms with Crippen molar-refractivity contribution in [3.63, 3.8) is 0 Å². The van der Waals surface area contributed by atoms with Crippen molar-refractivity contribution in [2.24, 2.45) is 17.3 Å². The zero-order valence-corrected chi connectivity index (χ0v) is 16.0. The van der Waals surface area contributed by atoms with Crippen LogP contribution < -0.4 is 4.74 Å². The minimum atomic E-state index is -0.293. The summed E-state index contributed by atoms with van der Waals surface area (Å²) in [6, 6.07) is 6.75. The Balaban J connectivity index is 1.38. The highest BCUT2D eigenvalue weighted by Gasteiger charge is 2.64. The van der Waals surface area contributed by atoms with E-state index < -0.39 is 0 Å². The van der Waals surface area contributed by atoms with E-state index >= 15 is 0 Å². The molecule has 1 aromatic carbocycles. The number of hydrogen-bond donors (Lipinski definition) is 0. The fraction of sp³-hybridized carbons (Fsp3) is 0.739. The molecular weight excluding hydrogens is 324 g/mol. The number of aryl methyl sites for hydroxylation is 1. The molecule has 4 atom stereocenters. The van der Waals surface area contributed by atoms with Crippen LogP contribution in [0.4, 0.5) is 0 Å². The highest BCUT2D eigenvalue weighted by atomic mass is 16.7. The van der Waals surface area contributed by atoms with E-state index in [0.29, 0.717) is 19.4 Å². The molecule has 0 bridgehead atoms. The zero-order chi connectivity index (χ0) is 18.5. The molecule has 142 valence electrons. The maximum atomic E-state index is 7.26. The third kappa shape index (κ3) is 2.32. The molecule has 3 nitrogen and oxygen atoms in total. The normalized spacial score (nSPS) is 37.7. The van der Waals surface area contributed by atoms with Crippen LogP contribution in [0.1, 0.15) is 70.8 Å². The van der Waals surface area contributed by atoms with Gasteiger partial charge < -0.3 is 14.2 Å². The maximum absolute atomic E-state index is 7.26. The van der Waals surface area contributed by atoms with Gasteiger partial charge in [0.25, 0.3) is 0 Å². The van der Waals surface area contributed by atoms with Gasteiger partial charge in [-0.15, -0.1) is 0 Å². The Morgan fingerprint density at radius 2 is 2.08 bits per heavy atom. The van der Waals surface area contributed by atoms with E-state index in [0.717, 1.165) is 50.1 Å². The predicted molar refractivity (Wildman–Crippen MR) is 101 cm³/mol. The first-order chi connectivity index (χ1) is 13.2. The number of rotatable bonds is 3. The van der Waals surface area contributed by atoms with Crippen LogP contribution in [0.5, 0.6) is 5.75 Å². The Labute approximate surface area is 158 Å². The molecule has 1 heterocycles. The molecule has 1 saturated heterocycles. The third-order valence-corrected chi connectivity index (χ3v) is 7.91. The largest absolute Gasteiger partial charge is 0.494 e. The standard InChI is InChI=1S/C23H32O3/c1-3-12-24-17-5-7-18-16(15-17)4-6-20-19(18)8-10-22(2)21(20)9-11-23(22)25-13-14-26-23/h5,7,15,19-21H,3-4,6,8-14H2,1-2H3/t19-,20-,21+,22+/m1/s1/i1D. The van der Waals surface area contributed by atoms with Gasteiger partial charge in [-0.25, -0.2) is 0 Å². The molecule has 0 aromatic heterocycles. The van der Waals surface area contributed by atoms with E-state index in [1.165, 1.54) is 31.2 Å².